The number of rotatable bonds is 7. The zero-order chi connectivity index (χ0) is 22.7. The Morgan fingerprint density at radius 1 is 1.28 bits per heavy atom. The molecule has 0 aliphatic rings. The number of aromatic nitrogens is 2. The number of nitrogens with one attached hydrogen (secondary N) is 1. The molecule has 0 bridgehead atoms. The molecule has 2 aromatic carbocycles. The lowest BCUT2D eigenvalue weighted by Crippen LogP contribution is -2.23. The quantitative estimate of drug-likeness (QED) is 0.128. The van der Waals surface area contributed by atoms with Gasteiger partial charge in [-0.15, -0.1) is 17.9 Å². The number of anilines is 1. The number of hydrogen-bond acceptors (Lipinski definition) is 5. The van der Waals surface area contributed by atoms with Crippen molar-refractivity contribution in [3.05, 3.63) is 86.1 Å². The van der Waals surface area contributed by atoms with Gasteiger partial charge in [0.25, 0.3) is 5.56 Å². The van der Waals surface area contributed by atoms with Crippen molar-refractivity contribution in [3.63, 3.8) is 0 Å². The Labute approximate surface area is 207 Å². The molecule has 0 unspecified atom stereocenters. The van der Waals surface area contributed by atoms with Crippen LogP contribution < -0.4 is 10.9 Å². The number of nitrogens with zero attached hydrogens (tertiary/aromatic N) is 2. The molecule has 0 fully saturated rings. The molecule has 4 rings (SSSR count). The first-order valence-electron chi connectivity index (χ1n) is 9.85. The second kappa shape index (κ2) is 10.0. The van der Waals surface area contributed by atoms with E-state index in [1.165, 1.54) is 23.1 Å². The van der Waals surface area contributed by atoms with Gasteiger partial charge in [0.2, 0.25) is 5.91 Å². The predicted molar refractivity (Wildman–Crippen MR) is 143 cm³/mol. The fourth-order valence-electron chi connectivity index (χ4n) is 3.32. The number of carbonyl (C=O) groups excluding carboxylic acids is 1. The first kappa shape index (κ1) is 22.8. The zero-order valence-corrected chi connectivity index (χ0v) is 21.1. The second-order valence-corrected chi connectivity index (χ2v) is 10.1. The van der Waals surface area contributed by atoms with Crippen molar-refractivity contribution in [2.24, 2.45) is 0 Å². The van der Waals surface area contributed by atoms with E-state index in [1.54, 1.807) is 10.6 Å². The van der Waals surface area contributed by atoms with Crippen LogP contribution in [0.3, 0.4) is 0 Å². The van der Waals surface area contributed by atoms with Crippen LogP contribution in [0.25, 0.3) is 21.3 Å². The summed E-state index contributed by atoms with van der Waals surface area (Å²) in [5.41, 5.74) is 3.53. The maximum absolute atomic E-state index is 13.4. The highest BCUT2D eigenvalue weighted by molar-refractivity contribution is 14.1. The predicted octanol–water partition coefficient (Wildman–Crippen LogP) is 5.95. The van der Waals surface area contributed by atoms with Crippen molar-refractivity contribution in [2.45, 2.75) is 18.6 Å². The SMILES string of the molecule is C=CCn1c(SCC(=O)Nc2ccc(I)cc2C)nc2scc(-c3ccccc3)c2c1=O. The number of fused-ring (bicyclic) bond motifs is 1. The lowest BCUT2D eigenvalue weighted by molar-refractivity contribution is -0.113. The van der Waals surface area contributed by atoms with Crippen LogP contribution in [0.5, 0.6) is 0 Å². The molecule has 162 valence electrons. The van der Waals surface area contributed by atoms with Crippen LogP contribution in [0, 0.1) is 10.5 Å². The van der Waals surface area contributed by atoms with Gasteiger partial charge in [-0.1, -0.05) is 48.2 Å². The number of aryl methyl sites for hydroxylation is 1. The molecule has 0 saturated carbocycles. The minimum Gasteiger partial charge on any atom is -0.325 e. The molecule has 4 aromatic rings. The molecule has 1 N–H and O–H groups in total. The Hall–Kier alpha value is -2.43. The number of carbonyl (C=O) groups is 1. The Morgan fingerprint density at radius 3 is 2.78 bits per heavy atom. The number of thioether (sulfide) groups is 1. The van der Waals surface area contributed by atoms with Gasteiger partial charge in [-0.2, -0.15) is 0 Å². The molecule has 32 heavy (non-hydrogen) atoms. The monoisotopic (exact) mass is 573 g/mol. The van der Waals surface area contributed by atoms with Crippen LogP contribution >= 0.6 is 45.7 Å². The minimum absolute atomic E-state index is 0.119. The topological polar surface area (TPSA) is 64.0 Å². The smallest absolute Gasteiger partial charge is 0.263 e. The summed E-state index contributed by atoms with van der Waals surface area (Å²) in [5.74, 6) is 0.00668. The van der Waals surface area contributed by atoms with Gasteiger partial charge in [0.15, 0.2) is 5.16 Å². The molecule has 2 aromatic heterocycles. The van der Waals surface area contributed by atoms with E-state index in [9.17, 15) is 9.59 Å². The summed E-state index contributed by atoms with van der Waals surface area (Å²) < 4.78 is 2.70. The lowest BCUT2D eigenvalue weighted by Gasteiger charge is -2.12. The molecule has 0 radical (unpaired) electrons. The summed E-state index contributed by atoms with van der Waals surface area (Å²) >= 11 is 4.94. The van der Waals surface area contributed by atoms with E-state index in [1.807, 2.05) is 60.8 Å². The van der Waals surface area contributed by atoms with Crippen LogP contribution in [0.2, 0.25) is 0 Å². The van der Waals surface area contributed by atoms with Crippen LogP contribution in [-0.4, -0.2) is 21.2 Å². The van der Waals surface area contributed by atoms with Crippen LogP contribution in [0.15, 0.2) is 76.5 Å². The fourth-order valence-corrected chi connectivity index (χ4v) is 5.76. The second-order valence-electron chi connectivity index (χ2n) is 7.09. The molecule has 2 heterocycles. The Bertz CT molecular complexity index is 1360. The van der Waals surface area contributed by atoms with Gasteiger partial charge in [0.05, 0.1) is 11.1 Å². The van der Waals surface area contributed by atoms with Crippen molar-refractivity contribution in [1.82, 2.24) is 9.55 Å². The highest BCUT2D eigenvalue weighted by atomic mass is 127. The summed E-state index contributed by atoms with van der Waals surface area (Å²) in [6.45, 7) is 6.07. The van der Waals surface area contributed by atoms with E-state index in [2.05, 4.69) is 34.5 Å². The average Bonchev–Trinajstić information content (AvgIpc) is 3.21. The van der Waals surface area contributed by atoms with Crippen molar-refractivity contribution in [3.8, 4) is 11.1 Å². The summed E-state index contributed by atoms with van der Waals surface area (Å²) in [6.07, 6.45) is 1.67. The highest BCUT2D eigenvalue weighted by Crippen LogP contribution is 2.32. The van der Waals surface area contributed by atoms with E-state index in [-0.39, 0.29) is 17.2 Å². The zero-order valence-electron chi connectivity index (χ0n) is 17.3. The number of benzene rings is 2. The lowest BCUT2D eigenvalue weighted by atomic mass is 10.1. The third-order valence-corrected chi connectivity index (χ3v) is 7.37. The van der Waals surface area contributed by atoms with Gasteiger partial charge in [0.1, 0.15) is 4.83 Å². The van der Waals surface area contributed by atoms with Crippen molar-refractivity contribution in [1.29, 1.82) is 0 Å². The van der Waals surface area contributed by atoms with Crippen molar-refractivity contribution < 1.29 is 4.79 Å². The van der Waals surface area contributed by atoms with Crippen molar-refractivity contribution in [2.75, 3.05) is 11.1 Å². The van der Waals surface area contributed by atoms with Gasteiger partial charge < -0.3 is 5.32 Å². The molecule has 5 nitrogen and oxygen atoms in total. The molecular formula is C24H20IN3O2S2. The largest absolute Gasteiger partial charge is 0.325 e. The molecule has 0 aliphatic heterocycles. The molecule has 0 atom stereocenters. The number of thiophene rings is 1. The van der Waals surface area contributed by atoms with Crippen LogP contribution in [-0.2, 0) is 11.3 Å². The maximum atomic E-state index is 13.4. The minimum atomic E-state index is -0.144. The maximum Gasteiger partial charge on any atom is 0.263 e. The summed E-state index contributed by atoms with van der Waals surface area (Å²) in [4.78, 5) is 31.3. The molecule has 8 heteroatoms. The third kappa shape index (κ3) is 4.82. The Kier molecular flexibility index (Phi) is 7.12. The number of amides is 1. The normalized spacial score (nSPS) is 10.9. The van der Waals surface area contributed by atoms with Gasteiger partial charge in [0, 0.05) is 26.7 Å². The molecule has 1 amide bonds. The van der Waals surface area contributed by atoms with E-state index in [0.29, 0.717) is 21.9 Å². The van der Waals surface area contributed by atoms with Crippen LogP contribution in [0.1, 0.15) is 5.56 Å². The molecule has 0 aliphatic carbocycles. The van der Waals surface area contributed by atoms with E-state index >= 15 is 0 Å². The Balaban J connectivity index is 1.62. The number of halogens is 1. The van der Waals surface area contributed by atoms with E-state index < -0.39 is 0 Å². The first-order valence-corrected chi connectivity index (χ1v) is 12.8. The number of hydrogen-bond donors (Lipinski definition) is 1. The molecule has 0 spiro atoms. The van der Waals surface area contributed by atoms with Crippen LogP contribution in [0.4, 0.5) is 5.69 Å². The number of allylic oxidation sites excluding steroid dienone is 1. The average molecular weight is 573 g/mol. The standard InChI is InChI=1S/C24H20IN3O2S2/c1-3-11-28-23(30)21-18(16-7-5-4-6-8-16)13-31-22(21)27-24(28)32-14-20(29)26-19-10-9-17(25)12-15(19)2/h3-10,12-13H,1,11,14H2,2H3,(H,26,29). The van der Waals surface area contributed by atoms with Gasteiger partial charge in [-0.05, 0) is 58.8 Å². The molecule has 0 saturated heterocycles. The Morgan fingerprint density at radius 2 is 2.06 bits per heavy atom. The van der Waals surface area contributed by atoms with Crippen molar-refractivity contribution >= 4 is 67.5 Å². The summed E-state index contributed by atoms with van der Waals surface area (Å²) in [7, 11) is 0. The van der Waals surface area contributed by atoms with Gasteiger partial charge in [-0.3, -0.25) is 14.2 Å². The molecular weight excluding hydrogens is 553 g/mol. The van der Waals surface area contributed by atoms with E-state index in [4.69, 9.17) is 4.98 Å². The van der Waals surface area contributed by atoms with E-state index in [0.717, 1.165) is 25.9 Å². The van der Waals surface area contributed by atoms with Gasteiger partial charge in [-0.25, -0.2) is 4.98 Å². The third-order valence-electron chi connectivity index (χ3n) is 4.85. The summed E-state index contributed by atoms with van der Waals surface area (Å²) in [6, 6.07) is 15.7. The van der Waals surface area contributed by atoms with Gasteiger partial charge >= 0.3 is 0 Å². The highest BCUT2D eigenvalue weighted by Gasteiger charge is 2.18. The fraction of sp³-hybridized carbons (Fsp3) is 0.125. The first-order chi connectivity index (χ1) is 15.5. The summed E-state index contributed by atoms with van der Waals surface area (Å²) in [5, 5.41) is 6.02.